The van der Waals surface area contributed by atoms with E-state index in [-0.39, 0.29) is 11.5 Å². The van der Waals surface area contributed by atoms with Crippen LogP contribution in [0, 0.1) is 13.8 Å². The number of aliphatic hydroxyl groups is 1. The number of hydrogen-bond donors (Lipinski definition) is 1. The van der Waals surface area contributed by atoms with Gasteiger partial charge in [-0.1, -0.05) is 106 Å². The second kappa shape index (κ2) is 11.9. The molecule has 2 unspecified atom stereocenters. The molecule has 3 heteroatoms. The second-order valence-corrected chi connectivity index (χ2v) is 11.8. The molecule has 0 aliphatic carbocycles. The van der Waals surface area contributed by atoms with Crippen LogP contribution in [0.1, 0.15) is 92.4 Å². The summed E-state index contributed by atoms with van der Waals surface area (Å²) in [5, 5.41) is 12.2. The van der Waals surface area contributed by atoms with E-state index in [0.29, 0.717) is 13.0 Å². The molecule has 1 aliphatic rings. The number of rotatable bonds is 9. The summed E-state index contributed by atoms with van der Waals surface area (Å²) in [6.07, 6.45) is 4.84. The largest absolute Gasteiger partial charge is 0.371 e. The maximum absolute atomic E-state index is 12.2. The quantitative estimate of drug-likeness (QED) is 0.305. The smallest absolute Gasteiger partial charge is 0.144 e. The highest BCUT2D eigenvalue weighted by atomic mass is 16.5. The monoisotopic (exact) mass is 499 g/mol. The van der Waals surface area contributed by atoms with Crippen LogP contribution in [0.5, 0.6) is 0 Å². The van der Waals surface area contributed by atoms with E-state index in [1.807, 2.05) is 0 Å². The summed E-state index contributed by atoms with van der Waals surface area (Å²) in [4.78, 5) is 2.29. The Morgan fingerprint density at radius 1 is 0.838 bits per heavy atom. The predicted molar refractivity (Wildman–Crippen MR) is 154 cm³/mol. The molecular weight excluding hydrogens is 454 g/mol. The van der Waals surface area contributed by atoms with E-state index in [1.54, 1.807) is 0 Å². The molecule has 3 aromatic rings. The number of aryl methyl sites for hydroxylation is 2. The van der Waals surface area contributed by atoms with Gasteiger partial charge in [-0.25, -0.2) is 0 Å². The molecule has 3 nitrogen and oxygen atoms in total. The molecule has 3 aromatic carbocycles. The predicted octanol–water partition coefficient (Wildman–Crippen LogP) is 7.82. The van der Waals surface area contributed by atoms with Gasteiger partial charge in [-0.05, 0) is 72.8 Å². The molecule has 1 heterocycles. The first-order chi connectivity index (χ1) is 17.7. The first-order valence-electron chi connectivity index (χ1n) is 14.0. The summed E-state index contributed by atoms with van der Waals surface area (Å²) in [7, 11) is 0. The van der Waals surface area contributed by atoms with E-state index < -0.39 is 5.72 Å². The molecule has 1 fully saturated rings. The van der Waals surface area contributed by atoms with E-state index in [1.165, 1.54) is 34.2 Å². The molecule has 0 aromatic heterocycles. The fourth-order valence-corrected chi connectivity index (χ4v) is 5.59. The number of likely N-dealkylation sites (tertiary alicyclic amines) is 1. The summed E-state index contributed by atoms with van der Waals surface area (Å²) >= 11 is 0. The summed E-state index contributed by atoms with van der Waals surface area (Å²) < 4.78 is 6.60. The fourth-order valence-electron chi connectivity index (χ4n) is 5.59. The molecule has 198 valence electrons. The Hall–Kier alpha value is -2.46. The molecule has 0 amide bonds. The van der Waals surface area contributed by atoms with E-state index in [4.69, 9.17) is 4.74 Å². The first kappa shape index (κ1) is 27.6. The lowest BCUT2D eigenvalue weighted by atomic mass is 9.85. The molecule has 0 radical (unpaired) electrons. The molecule has 37 heavy (non-hydrogen) atoms. The summed E-state index contributed by atoms with van der Waals surface area (Å²) in [6.45, 7) is 13.4. The minimum Gasteiger partial charge on any atom is -0.371 e. The van der Waals surface area contributed by atoms with Gasteiger partial charge in [-0.3, -0.25) is 4.90 Å². The Kier molecular flexibility index (Phi) is 8.90. The highest BCUT2D eigenvalue weighted by Gasteiger charge is 2.36. The average Bonchev–Trinajstić information content (AvgIpc) is 2.89. The lowest BCUT2D eigenvalue weighted by Gasteiger charge is -2.42. The lowest BCUT2D eigenvalue weighted by molar-refractivity contribution is -0.133. The molecule has 4 rings (SSSR count). The lowest BCUT2D eigenvalue weighted by Crippen LogP contribution is -2.48. The molecule has 0 spiro atoms. The second-order valence-electron chi connectivity index (χ2n) is 11.8. The van der Waals surface area contributed by atoms with Gasteiger partial charge in [0, 0.05) is 19.7 Å². The van der Waals surface area contributed by atoms with Gasteiger partial charge in [-0.2, -0.15) is 0 Å². The highest BCUT2D eigenvalue weighted by molar-refractivity contribution is 5.37. The van der Waals surface area contributed by atoms with Gasteiger partial charge in [0.15, 0.2) is 0 Å². The first-order valence-corrected chi connectivity index (χ1v) is 14.0. The maximum Gasteiger partial charge on any atom is 0.144 e. The van der Waals surface area contributed by atoms with Crippen molar-refractivity contribution < 1.29 is 9.84 Å². The SMILES string of the molecule is Cc1cccc(C(OCCCC(O)(c2ccc(C(C)(C)C)cc2)N2CCCCC2)c2ccccc2C)c1. The molecule has 0 bridgehead atoms. The van der Waals surface area contributed by atoms with Crippen molar-refractivity contribution in [1.29, 1.82) is 0 Å². The Balaban J connectivity index is 1.52. The molecule has 1 saturated heterocycles. The van der Waals surface area contributed by atoms with Crippen LogP contribution < -0.4 is 0 Å². The van der Waals surface area contributed by atoms with Crippen LogP contribution in [0.4, 0.5) is 0 Å². The average molecular weight is 500 g/mol. The fraction of sp³-hybridized carbons (Fsp3) is 0.471. The summed E-state index contributed by atoms with van der Waals surface area (Å²) in [5.74, 6) is 0. The number of piperidine rings is 1. The Bertz CT molecular complexity index is 1140. The topological polar surface area (TPSA) is 32.7 Å². The normalized spacial score (nSPS) is 17.4. The van der Waals surface area contributed by atoms with E-state index in [0.717, 1.165) is 37.9 Å². The molecular formula is C34H45NO2. The zero-order valence-corrected chi connectivity index (χ0v) is 23.5. The van der Waals surface area contributed by atoms with Crippen LogP contribution in [-0.4, -0.2) is 29.7 Å². The third-order valence-electron chi connectivity index (χ3n) is 7.86. The van der Waals surface area contributed by atoms with Crippen molar-refractivity contribution in [1.82, 2.24) is 4.90 Å². The van der Waals surface area contributed by atoms with Gasteiger partial charge in [0.25, 0.3) is 0 Å². The van der Waals surface area contributed by atoms with Crippen LogP contribution in [0.2, 0.25) is 0 Å². The number of hydrogen-bond acceptors (Lipinski definition) is 3. The molecule has 2 atom stereocenters. The van der Waals surface area contributed by atoms with E-state index in [2.05, 4.69) is 112 Å². The van der Waals surface area contributed by atoms with Gasteiger partial charge >= 0.3 is 0 Å². The Labute approximate surface area is 224 Å². The Morgan fingerprint density at radius 2 is 1.51 bits per heavy atom. The van der Waals surface area contributed by atoms with Gasteiger partial charge in [0.2, 0.25) is 0 Å². The minimum absolute atomic E-state index is 0.0932. The van der Waals surface area contributed by atoms with Crippen molar-refractivity contribution in [3.8, 4) is 0 Å². The van der Waals surface area contributed by atoms with Crippen LogP contribution in [-0.2, 0) is 15.9 Å². The van der Waals surface area contributed by atoms with Crippen molar-refractivity contribution in [2.45, 2.75) is 84.0 Å². The van der Waals surface area contributed by atoms with Crippen molar-refractivity contribution in [3.05, 3.63) is 106 Å². The van der Waals surface area contributed by atoms with Crippen molar-refractivity contribution >= 4 is 0 Å². The van der Waals surface area contributed by atoms with Gasteiger partial charge in [-0.15, -0.1) is 0 Å². The Morgan fingerprint density at radius 3 is 2.16 bits per heavy atom. The molecule has 1 aliphatic heterocycles. The van der Waals surface area contributed by atoms with Crippen LogP contribution >= 0.6 is 0 Å². The van der Waals surface area contributed by atoms with Gasteiger partial charge in [0.05, 0.1) is 0 Å². The van der Waals surface area contributed by atoms with Gasteiger partial charge in [0.1, 0.15) is 11.8 Å². The minimum atomic E-state index is -0.971. The molecule has 1 N–H and O–H groups in total. The van der Waals surface area contributed by atoms with Crippen LogP contribution in [0.3, 0.4) is 0 Å². The maximum atomic E-state index is 12.2. The van der Waals surface area contributed by atoms with Crippen molar-refractivity contribution in [3.63, 3.8) is 0 Å². The summed E-state index contributed by atoms with van der Waals surface area (Å²) in [5.41, 5.74) is 6.26. The zero-order valence-electron chi connectivity index (χ0n) is 23.5. The number of nitrogens with zero attached hydrogens (tertiary/aromatic N) is 1. The molecule has 0 saturated carbocycles. The van der Waals surface area contributed by atoms with Crippen LogP contribution in [0.25, 0.3) is 0 Å². The summed E-state index contributed by atoms with van der Waals surface area (Å²) in [6, 6.07) is 25.7. The van der Waals surface area contributed by atoms with E-state index >= 15 is 0 Å². The highest BCUT2D eigenvalue weighted by Crippen LogP contribution is 2.36. The third-order valence-corrected chi connectivity index (χ3v) is 7.86. The van der Waals surface area contributed by atoms with Crippen molar-refractivity contribution in [2.75, 3.05) is 19.7 Å². The van der Waals surface area contributed by atoms with Crippen molar-refractivity contribution in [2.24, 2.45) is 0 Å². The number of ether oxygens (including phenoxy) is 1. The third kappa shape index (κ3) is 6.71. The van der Waals surface area contributed by atoms with Gasteiger partial charge < -0.3 is 9.84 Å². The van der Waals surface area contributed by atoms with Crippen LogP contribution in [0.15, 0.2) is 72.8 Å². The van der Waals surface area contributed by atoms with E-state index in [9.17, 15) is 5.11 Å². The standard InChI is InChI=1S/C34H45NO2/c1-26-13-11-15-28(25-26)32(31-16-8-7-14-27(31)2)37-24-12-21-34(36,35-22-9-6-10-23-35)30-19-17-29(18-20-30)33(3,4)5/h7-8,11,13-20,25,32,36H,6,9-10,12,21-24H2,1-5H3. The zero-order chi connectivity index (χ0) is 26.5. The number of benzene rings is 3.